The quantitative estimate of drug-likeness (QED) is 0.239. The van der Waals surface area contributed by atoms with Crippen molar-refractivity contribution in [2.45, 2.75) is 84.1 Å². The van der Waals surface area contributed by atoms with Crippen LogP contribution in [-0.4, -0.2) is 103 Å². The number of fused-ring (bicyclic) bond motifs is 5. The summed E-state index contributed by atoms with van der Waals surface area (Å²) in [6.07, 6.45) is 1.97. The maximum absolute atomic E-state index is 14.0. The number of hydrogen-bond donors (Lipinski definition) is 0. The van der Waals surface area contributed by atoms with E-state index in [1.165, 1.54) is 28.1 Å². The van der Waals surface area contributed by atoms with E-state index in [0.29, 0.717) is 16.7 Å². The molecule has 11 heteroatoms. The number of Topliss-reactive ketones (excluding diaryl/α,β-unsaturated/α-hetero) is 5. The monoisotopic (exact) mass is 606 g/mol. The second kappa shape index (κ2) is 11.5. The average molecular weight is 607 g/mol. The van der Waals surface area contributed by atoms with Gasteiger partial charge in [0.1, 0.15) is 12.4 Å². The van der Waals surface area contributed by atoms with E-state index in [4.69, 9.17) is 14.2 Å². The predicted octanol–water partition coefficient (Wildman–Crippen LogP) is 2.11. The number of ether oxygens (including phenoxy) is 3. The van der Waals surface area contributed by atoms with Gasteiger partial charge >= 0.3 is 5.97 Å². The molecule has 0 N–H and O–H groups in total. The van der Waals surface area contributed by atoms with E-state index in [1.807, 2.05) is 16.8 Å². The summed E-state index contributed by atoms with van der Waals surface area (Å²) in [6.45, 7) is 7.63. The van der Waals surface area contributed by atoms with Crippen LogP contribution in [0.4, 0.5) is 0 Å². The topological polar surface area (TPSA) is 137 Å². The fourth-order valence-corrected chi connectivity index (χ4v) is 7.70. The molecule has 0 unspecified atom stereocenters. The van der Waals surface area contributed by atoms with Gasteiger partial charge in [-0.2, -0.15) is 0 Å². The van der Waals surface area contributed by atoms with Gasteiger partial charge in [-0.25, -0.2) is 4.79 Å². The van der Waals surface area contributed by atoms with Crippen molar-refractivity contribution in [2.24, 2.45) is 0 Å². The predicted molar refractivity (Wildman–Crippen MR) is 157 cm³/mol. The normalized spacial score (nSPS) is 29.5. The summed E-state index contributed by atoms with van der Waals surface area (Å²) in [5.74, 6) is -2.29. The Balaban J connectivity index is 1.73. The molecule has 3 aliphatic heterocycles. The Morgan fingerprint density at radius 3 is 1.89 bits per heavy atom. The van der Waals surface area contributed by atoms with Gasteiger partial charge in [-0.15, -0.1) is 0 Å². The molecule has 0 aromatic heterocycles. The molecule has 1 fully saturated rings. The first-order chi connectivity index (χ1) is 20.8. The minimum atomic E-state index is -0.911. The van der Waals surface area contributed by atoms with Crippen molar-refractivity contribution in [2.75, 3.05) is 27.9 Å². The van der Waals surface area contributed by atoms with Gasteiger partial charge in [0, 0.05) is 63.6 Å². The van der Waals surface area contributed by atoms with Gasteiger partial charge in [0.2, 0.25) is 11.6 Å². The van der Waals surface area contributed by atoms with Crippen molar-refractivity contribution in [1.29, 1.82) is 0 Å². The summed E-state index contributed by atoms with van der Waals surface area (Å²) < 4.78 is 16.5. The largest absolute Gasteiger partial charge is 0.492 e. The standard InChI is InChI=1S/C33H38N2O9/c1-9-14(2)33(41)44-13-23-24-18(27(37)16(4)31(42-7)29(24)39)12-22-26-25-19(28(38)17(5)32(43-8)30(25)40)11-20(34(26)6)21(35(22)23)10-15(3)36/h9,20-23,26H,10-13H2,1-8H3/b14-9-/t20-,21+,22+,23+,26-/m1/s1. The minimum Gasteiger partial charge on any atom is -0.492 e. The number of piperazine rings is 1. The number of methoxy groups -OCH3 is 2. The van der Waals surface area contributed by atoms with Crippen LogP contribution in [0.3, 0.4) is 0 Å². The summed E-state index contributed by atoms with van der Waals surface area (Å²) in [6, 6.07) is -3.10. The van der Waals surface area contributed by atoms with E-state index in [1.54, 1.807) is 26.8 Å². The molecule has 44 heavy (non-hydrogen) atoms. The first-order valence-corrected chi connectivity index (χ1v) is 14.7. The zero-order valence-electron chi connectivity index (χ0n) is 26.4. The van der Waals surface area contributed by atoms with Gasteiger partial charge in [0.05, 0.1) is 26.3 Å². The number of nitrogens with zero attached hydrogens (tertiary/aromatic N) is 2. The lowest BCUT2D eigenvalue weighted by molar-refractivity contribution is -0.146. The second-order valence-corrected chi connectivity index (χ2v) is 12.1. The van der Waals surface area contributed by atoms with Crippen LogP contribution >= 0.6 is 0 Å². The van der Waals surface area contributed by atoms with Gasteiger partial charge in [-0.3, -0.25) is 33.8 Å². The number of ketones is 5. The third-order valence-corrected chi connectivity index (χ3v) is 9.85. The average Bonchev–Trinajstić information content (AvgIpc) is 2.98. The lowest BCUT2D eigenvalue weighted by Gasteiger charge is -2.61. The number of allylic oxidation sites excluding steroid dienone is 5. The Morgan fingerprint density at radius 2 is 1.36 bits per heavy atom. The fraction of sp³-hybridized carbons (Fsp3) is 0.515. The zero-order valence-corrected chi connectivity index (χ0v) is 26.4. The molecule has 0 aromatic carbocycles. The molecule has 234 valence electrons. The van der Waals surface area contributed by atoms with E-state index >= 15 is 0 Å². The molecule has 2 bridgehead atoms. The summed E-state index contributed by atoms with van der Waals surface area (Å²) >= 11 is 0. The highest BCUT2D eigenvalue weighted by Crippen LogP contribution is 2.49. The first kappa shape index (κ1) is 31.5. The third kappa shape index (κ3) is 4.56. The van der Waals surface area contributed by atoms with Gasteiger partial charge in [0.15, 0.2) is 23.1 Å². The van der Waals surface area contributed by atoms with Crippen molar-refractivity contribution < 1.29 is 43.0 Å². The highest BCUT2D eigenvalue weighted by Gasteiger charge is 2.59. The van der Waals surface area contributed by atoms with Crippen LogP contribution in [0.5, 0.6) is 0 Å². The lowest BCUT2D eigenvalue weighted by Crippen LogP contribution is -2.74. The minimum absolute atomic E-state index is 0.0199. The third-order valence-electron chi connectivity index (χ3n) is 9.85. The highest BCUT2D eigenvalue weighted by molar-refractivity contribution is 6.26. The van der Waals surface area contributed by atoms with Crippen molar-refractivity contribution in [3.63, 3.8) is 0 Å². The van der Waals surface area contributed by atoms with E-state index in [2.05, 4.69) is 0 Å². The van der Waals surface area contributed by atoms with Gasteiger partial charge in [0.25, 0.3) is 0 Å². The molecule has 1 saturated heterocycles. The summed E-state index contributed by atoms with van der Waals surface area (Å²) in [5, 5.41) is 0. The van der Waals surface area contributed by atoms with Crippen molar-refractivity contribution >= 4 is 34.9 Å². The van der Waals surface area contributed by atoms with Crippen LogP contribution in [0.2, 0.25) is 0 Å². The van der Waals surface area contributed by atoms with E-state index < -0.39 is 47.7 Å². The fourth-order valence-electron chi connectivity index (χ4n) is 7.70. The van der Waals surface area contributed by atoms with Crippen molar-refractivity contribution in [1.82, 2.24) is 9.80 Å². The van der Waals surface area contributed by atoms with Crippen LogP contribution in [0, 0.1) is 0 Å². The van der Waals surface area contributed by atoms with Crippen LogP contribution in [0.25, 0.3) is 0 Å². The summed E-state index contributed by atoms with van der Waals surface area (Å²) in [7, 11) is 4.53. The molecule has 0 aromatic rings. The van der Waals surface area contributed by atoms with Gasteiger partial charge in [-0.1, -0.05) is 6.08 Å². The van der Waals surface area contributed by atoms with Crippen LogP contribution < -0.4 is 0 Å². The Kier molecular flexibility index (Phi) is 8.24. The van der Waals surface area contributed by atoms with E-state index in [-0.39, 0.29) is 77.0 Å². The number of esters is 1. The zero-order chi connectivity index (χ0) is 32.4. The number of hydrogen-bond acceptors (Lipinski definition) is 11. The second-order valence-electron chi connectivity index (χ2n) is 12.1. The van der Waals surface area contributed by atoms with E-state index in [0.717, 1.165) is 0 Å². The molecule has 0 radical (unpaired) electrons. The van der Waals surface area contributed by atoms with Crippen molar-refractivity contribution in [3.05, 3.63) is 56.6 Å². The molecular formula is C33H38N2O9. The number of carbonyl (C=O) groups excluding carboxylic acids is 6. The molecule has 5 atom stereocenters. The Hall–Kier alpha value is -3.96. The lowest BCUT2D eigenvalue weighted by atomic mass is 9.67. The molecule has 0 saturated carbocycles. The van der Waals surface area contributed by atoms with Crippen LogP contribution in [0.15, 0.2) is 56.6 Å². The number of likely N-dealkylation sites (N-methyl/N-ethyl adjacent to an activating group) is 1. The Labute approximate surface area is 256 Å². The van der Waals surface area contributed by atoms with Crippen molar-refractivity contribution in [3.8, 4) is 0 Å². The molecule has 3 heterocycles. The summed E-state index contributed by atoms with van der Waals surface area (Å²) in [5.41, 5.74) is 1.90. The Morgan fingerprint density at radius 1 is 0.841 bits per heavy atom. The van der Waals surface area contributed by atoms with Gasteiger partial charge in [-0.05, 0) is 54.5 Å². The van der Waals surface area contributed by atoms with Gasteiger partial charge < -0.3 is 14.2 Å². The SMILES string of the molecule is C/C=C(/C)C(=O)OC[C@H]1C2=C(C[C@H]3[C@@H]4C5=C(C[C@H]([C@H](CC(C)=O)N13)N4C)C(=O)C(C)=C(OC)C5=O)C(=O)C(C)=C(OC)C2=O. The molecule has 5 aliphatic rings. The molecule has 2 aliphatic carbocycles. The first-order valence-electron chi connectivity index (χ1n) is 14.7. The molecule has 0 amide bonds. The highest BCUT2D eigenvalue weighted by atomic mass is 16.5. The maximum Gasteiger partial charge on any atom is 0.333 e. The number of rotatable bonds is 7. The smallest absolute Gasteiger partial charge is 0.333 e. The van der Waals surface area contributed by atoms with Crippen LogP contribution in [0.1, 0.15) is 53.9 Å². The molecular weight excluding hydrogens is 568 g/mol. The van der Waals surface area contributed by atoms with E-state index in [9.17, 15) is 28.8 Å². The summed E-state index contributed by atoms with van der Waals surface area (Å²) in [4.78, 5) is 85.0. The number of carbonyl (C=O) groups is 6. The maximum atomic E-state index is 14.0. The molecule has 11 nitrogen and oxygen atoms in total. The Bertz CT molecular complexity index is 1570. The van der Waals surface area contributed by atoms with Crippen LogP contribution in [-0.2, 0) is 43.0 Å². The molecule has 5 rings (SSSR count). The molecule has 0 spiro atoms.